The van der Waals surface area contributed by atoms with Gasteiger partial charge in [0.05, 0.1) is 5.92 Å². The maximum absolute atomic E-state index is 11.1. The Bertz CT molecular complexity index is 251. The maximum atomic E-state index is 11.1. The van der Waals surface area contributed by atoms with Crippen molar-refractivity contribution in [1.82, 2.24) is 4.90 Å². The molecule has 1 aliphatic carbocycles. The summed E-state index contributed by atoms with van der Waals surface area (Å²) in [4.78, 5) is 13.6. The van der Waals surface area contributed by atoms with Crippen LogP contribution in [0.25, 0.3) is 0 Å². The highest BCUT2D eigenvalue weighted by atomic mass is 16.4. The van der Waals surface area contributed by atoms with Crippen molar-refractivity contribution in [1.29, 1.82) is 0 Å². The lowest BCUT2D eigenvalue weighted by atomic mass is 9.78. The number of carbonyl (C=O) groups is 1. The van der Waals surface area contributed by atoms with E-state index in [1.807, 2.05) is 0 Å². The van der Waals surface area contributed by atoms with E-state index in [1.54, 1.807) is 0 Å². The van der Waals surface area contributed by atoms with E-state index in [4.69, 9.17) is 0 Å². The summed E-state index contributed by atoms with van der Waals surface area (Å²) in [6, 6.07) is 0.292. The molecule has 106 valence electrons. The van der Waals surface area contributed by atoms with Gasteiger partial charge in [0, 0.05) is 6.04 Å². The zero-order chi connectivity index (χ0) is 13.7. The van der Waals surface area contributed by atoms with Gasteiger partial charge >= 0.3 is 5.97 Å². The van der Waals surface area contributed by atoms with E-state index in [1.165, 1.54) is 12.8 Å². The molecule has 0 spiro atoms. The summed E-state index contributed by atoms with van der Waals surface area (Å²) < 4.78 is 0. The molecule has 2 unspecified atom stereocenters. The lowest BCUT2D eigenvalue weighted by Gasteiger charge is -2.43. The quantitative estimate of drug-likeness (QED) is 0.724. The molecule has 3 heteroatoms. The number of hydrogen-bond donors (Lipinski definition) is 1. The molecule has 0 bridgehead atoms. The smallest absolute Gasteiger partial charge is 0.308 e. The highest BCUT2D eigenvalue weighted by molar-refractivity contribution is 5.72. The van der Waals surface area contributed by atoms with Gasteiger partial charge in [0.15, 0.2) is 0 Å². The number of rotatable bonds is 8. The van der Waals surface area contributed by atoms with E-state index < -0.39 is 5.97 Å². The summed E-state index contributed by atoms with van der Waals surface area (Å²) in [6.07, 6.45) is 4.26. The van der Waals surface area contributed by atoms with Crippen LogP contribution in [0.4, 0.5) is 0 Å². The molecule has 1 fully saturated rings. The van der Waals surface area contributed by atoms with Gasteiger partial charge < -0.3 is 5.11 Å². The normalized spacial score (nSPS) is 23.7. The minimum absolute atomic E-state index is 0.121. The van der Waals surface area contributed by atoms with Gasteiger partial charge in [0.2, 0.25) is 0 Å². The zero-order valence-corrected chi connectivity index (χ0v) is 12.4. The van der Waals surface area contributed by atoms with Crippen molar-refractivity contribution in [3.05, 3.63) is 0 Å². The average Bonchev–Trinajstić information content (AvgIpc) is 2.18. The molecule has 0 saturated heterocycles. The molecule has 1 aliphatic rings. The molecule has 3 nitrogen and oxygen atoms in total. The Morgan fingerprint density at radius 2 is 1.61 bits per heavy atom. The van der Waals surface area contributed by atoms with E-state index in [2.05, 4.69) is 32.6 Å². The topological polar surface area (TPSA) is 40.5 Å². The molecule has 2 atom stereocenters. The molecule has 0 radical (unpaired) electrons. The fraction of sp³-hybridized carbons (Fsp3) is 0.933. The first-order chi connectivity index (χ1) is 8.41. The van der Waals surface area contributed by atoms with Crippen molar-refractivity contribution in [2.75, 3.05) is 13.1 Å². The molecule has 0 aromatic rings. The van der Waals surface area contributed by atoms with Crippen LogP contribution in [0.2, 0.25) is 0 Å². The van der Waals surface area contributed by atoms with Crippen LogP contribution in [-0.4, -0.2) is 35.1 Å². The summed E-state index contributed by atoms with van der Waals surface area (Å²) in [6.45, 7) is 11.0. The van der Waals surface area contributed by atoms with Gasteiger partial charge in [-0.05, 0) is 50.6 Å². The minimum atomic E-state index is -0.606. The van der Waals surface area contributed by atoms with Crippen LogP contribution in [0.1, 0.15) is 53.4 Å². The largest absolute Gasteiger partial charge is 0.481 e. The van der Waals surface area contributed by atoms with Gasteiger partial charge in [-0.25, -0.2) is 0 Å². The molecule has 0 aromatic heterocycles. The van der Waals surface area contributed by atoms with Gasteiger partial charge in [-0.2, -0.15) is 0 Å². The molecule has 0 aromatic carbocycles. The highest BCUT2D eigenvalue weighted by Crippen LogP contribution is 2.33. The van der Waals surface area contributed by atoms with Crippen molar-refractivity contribution in [2.24, 2.45) is 17.8 Å². The first-order valence-electron chi connectivity index (χ1n) is 7.38. The fourth-order valence-electron chi connectivity index (χ4n) is 2.50. The maximum Gasteiger partial charge on any atom is 0.308 e. The van der Waals surface area contributed by atoms with Crippen molar-refractivity contribution >= 4 is 5.97 Å². The Balaban J connectivity index is 2.50. The number of aliphatic carboxylic acids is 1. The SMILES string of the molecule is CC(C)CCN(CCC(C)C)C1CCC1C(=O)O. The van der Waals surface area contributed by atoms with Crippen LogP contribution in [0.3, 0.4) is 0 Å². The third-order valence-electron chi connectivity index (χ3n) is 4.01. The summed E-state index contributed by atoms with van der Waals surface area (Å²) in [5.41, 5.74) is 0. The van der Waals surface area contributed by atoms with Gasteiger partial charge in [-0.15, -0.1) is 0 Å². The van der Waals surface area contributed by atoms with E-state index in [0.717, 1.165) is 25.9 Å². The number of carboxylic acid groups (broad SMARTS) is 1. The molecule has 18 heavy (non-hydrogen) atoms. The van der Waals surface area contributed by atoms with Crippen molar-refractivity contribution in [3.8, 4) is 0 Å². The van der Waals surface area contributed by atoms with Crippen LogP contribution >= 0.6 is 0 Å². The van der Waals surface area contributed by atoms with Crippen LogP contribution in [-0.2, 0) is 4.79 Å². The minimum Gasteiger partial charge on any atom is -0.481 e. The van der Waals surface area contributed by atoms with Gasteiger partial charge in [0.1, 0.15) is 0 Å². The summed E-state index contributed by atoms with van der Waals surface area (Å²) >= 11 is 0. The van der Waals surface area contributed by atoms with Crippen molar-refractivity contribution < 1.29 is 9.90 Å². The predicted octanol–water partition coefficient (Wildman–Crippen LogP) is 3.24. The van der Waals surface area contributed by atoms with Crippen LogP contribution in [0.15, 0.2) is 0 Å². The predicted molar refractivity (Wildman–Crippen MR) is 74.6 cm³/mol. The van der Waals surface area contributed by atoms with E-state index >= 15 is 0 Å². The van der Waals surface area contributed by atoms with E-state index in [0.29, 0.717) is 17.9 Å². The molecule has 0 aliphatic heterocycles. The van der Waals surface area contributed by atoms with Gasteiger partial charge in [-0.1, -0.05) is 27.7 Å². The Kier molecular flexibility index (Phi) is 6.13. The molecule has 1 saturated carbocycles. The van der Waals surface area contributed by atoms with E-state index in [-0.39, 0.29) is 5.92 Å². The Morgan fingerprint density at radius 3 is 1.89 bits per heavy atom. The van der Waals surface area contributed by atoms with Crippen molar-refractivity contribution in [2.45, 2.75) is 59.4 Å². The highest BCUT2D eigenvalue weighted by Gasteiger charge is 2.39. The molecular formula is C15H29NO2. The van der Waals surface area contributed by atoms with Gasteiger partial charge in [-0.3, -0.25) is 9.69 Å². The van der Waals surface area contributed by atoms with Gasteiger partial charge in [0.25, 0.3) is 0 Å². The van der Waals surface area contributed by atoms with Crippen LogP contribution in [0, 0.1) is 17.8 Å². The summed E-state index contributed by atoms with van der Waals surface area (Å²) in [7, 11) is 0. The fourth-order valence-corrected chi connectivity index (χ4v) is 2.50. The second kappa shape index (κ2) is 7.13. The summed E-state index contributed by atoms with van der Waals surface area (Å²) in [5.74, 6) is 0.652. The average molecular weight is 255 g/mol. The molecule has 0 heterocycles. The molecule has 1 N–H and O–H groups in total. The third kappa shape index (κ3) is 4.60. The Hall–Kier alpha value is -0.570. The summed E-state index contributed by atoms with van der Waals surface area (Å²) in [5, 5.41) is 9.18. The number of hydrogen-bond acceptors (Lipinski definition) is 2. The first kappa shape index (κ1) is 15.5. The standard InChI is InChI=1S/C15H29NO2/c1-11(2)7-9-16(10-8-12(3)4)14-6-5-13(14)15(17)18/h11-14H,5-10H2,1-4H3,(H,17,18). The van der Waals surface area contributed by atoms with E-state index in [9.17, 15) is 9.90 Å². The Labute approximate surface area is 112 Å². The number of carboxylic acids is 1. The second-order valence-electron chi connectivity index (χ2n) is 6.49. The van der Waals surface area contributed by atoms with Crippen LogP contribution in [0.5, 0.6) is 0 Å². The first-order valence-corrected chi connectivity index (χ1v) is 7.38. The van der Waals surface area contributed by atoms with Crippen LogP contribution < -0.4 is 0 Å². The van der Waals surface area contributed by atoms with Crippen molar-refractivity contribution in [3.63, 3.8) is 0 Å². The monoisotopic (exact) mass is 255 g/mol. The third-order valence-corrected chi connectivity index (χ3v) is 4.01. The number of nitrogens with zero attached hydrogens (tertiary/aromatic N) is 1. The molecule has 0 amide bonds. The lowest BCUT2D eigenvalue weighted by Crippen LogP contribution is -2.51. The molecule has 1 rings (SSSR count). The lowest BCUT2D eigenvalue weighted by molar-refractivity contribution is -0.149. The molecular weight excluding hydrogens is 226 g/mol. The second-order valence-corrected chi connectivity index (χ2v) is 6.49. The Morgan fingerprint density at radius 1 is 1.11 bits per heavy atom. The zero-order valence-electron chi connectivity index (χ0n) is 12.4.